The molecule has 1 atom stereocenters. The fourth-order valence-corrected chi connectivity index (χ4v) is 1.81. The quantitative estimate of drug-likeness (QED) is 0.705. The minimum atomic E-state index is -1.08. The van der Waals surface area contributed by atoms with Gasteiger partial charge in [-0.3, -0.25) is 4.79 Å². The number of hydrogen-bond donors (Lipinski definition) is 2. The fourth-order valence-electron chi connectivity index (χ4n) is 1.81. The Morgan fingerprint density at radius 3 is 2.30 bits per heavy atom. The van der Waals surface area contributed by atoms with E-state index in [1.54, 1.807) is 6.92 Å². The van der Waals surface area contributed by atoms with Crippen LogP contribution in [-0.4, -0.2) is 32.0 Å². The Bertz CT molecular complexity index is 401. The summed E-state index contributed by atoms with van der Waals surface area (Å²) in [6, 6.07) is 9.27. The van der Waals surface area contributed by atoms with Gasteiger partial charge in [0.2, 0.25) is 5.91 Å². The molecule has 1 amide bonds. The maximum Gasteiger partial charge on any atom is 0.244 e. The van der Waals surface area contributed by atoms with Crippen molar-refractivity contribution in [3.05, 3.63) is 35.9 Å². The van der Waals surface area contributed by atoms with E-state index in [0.717, 1.165) is 5.56 Å². The number of benzene rings is 1. The van der Waals surface area contributed by atoms with Gasteiger partial charge in [0.25, 0.3) is 0 Å². The highest BCUT2D eigenvalue weighted by Crippen LogP contribution is 2.17. The minimum Gasteiger partial charge on any atom is -0.351 e. The van der Waals surface area contributed by atoms with Crippen LogP contribution >= 0.6 is 0 Å². The molecule has 0 spiro atoms. The van der Waals surface area contributed by atoms with Gasteiger partial charge in [-0.2, -0.15) is 0 Å². The Hall–Kier alpha value is -1.43. The van der Waals surface area contributed by atoms with Crippen LogP contribution in [0, 0.1) is 0 Å². The molecule has 1 unspecified atom stereocenters. The van der Waals surface area contributed by atoms with Gasteiger partial charge in [0.05, 0.1) is 6.54 Å². The molecule has 0 saturated heterocycles. The van der Waals surface area contributed by atoms with Crippen molar-refractivity contribution in [3.8, 4) is 0 Å². The maximum atomic E-state index is 12.2. The first-order valence-electron chi connectivity index (χ1n) is 6.88. The third-order valence-electron chi connectivity index (χ3n) is 2.98. The second kappa shape index (κ2) is 7.99. The van der Waals surface area contributed by atoms with Crippen LogP contribution < -0.4 is 11.1 Å². The molecule has 0 radical (unpaired) electrons. The van der Waals surface area contributed by atoms with Crippen LogP contribution in [0.3, 0.4) is 0 Å². The third-order valence-corrected chi connectivity index (χ3v) is 2.98. The van der Waals surface area contributed by atoms with Gasteiger partial charge in [-0.05, 0) is 26.3 Å². The summed E-state index contributed by atoms with van der Waals surface area (Å²) >= 11 is 0. The van der Waals surface area contributed by atoms with Crippen LogP contribution in [0.25, 0.3) is 0 Å². The first-order valence-corrected chi connectivity index (χ1v) is 6.88. The molecule has 5 nitrogen and oxygen atoms in total. The Balaban J connectivity index is 2.61. The van der Waals surface area contributed by atoms with Crippen LogP contribution in [0.4, 0.5) is 0 Å². The zero-order chi connectivity index (χ0) is 15.0. The van der Waals surface area contributed by atoms with Gasteiger partial charge in [0, 0.05) is 13.2 Å². The maximum absolute atomic E-state index is 12.2. The summed E-state index contributed by atoms with van der Waals surface area (Å²) < 4.78 is 10.7. The molecule has 1 aromatic rings. The highest BCUT2D eigenvalue weighted by molar-refractivity contribution is 5.86. The van der Waals surface area contributed by atoms with Crippen LogP contribution in [0.5, 0.6) is 0 Å². The number of amides is 1. The van der Waals surface area contributed by atoms with Crippen molar-refractivity contribution in [2.45, 2.75) is 32.6 Å². The van der Waals surface area contributed by atoms with Crippen molar-refractivity contribution in [3.63, 3.8) is 0 Å². The van der Waals surface area contributed by atoms with Crippen molar-refractivity contribution >= 4 is 5.91 Å². The molecule has 0 fully saturated rings. The molecule has 0 aliphatic rings. The van der Waals surface area contributed by atoms with Gasteiger partial charge < -0.3 is 20.5 Å². The highest BCUT2D eigenvalue weighted by Gasteiger charge is 2.30. The van der Waals surface area contributed by atoms with Crippen LogP contribution in [0.15, 0.2) is 30.3 Å². The minimum absolute atomic E-state index is 0.256. The second-order valence-electron chi connectivity index (χ2n) is 4.62. The van der Waals surface area contributed by atoms with Gasteiger partial charge in [-0.25, -0.2) is 0 Å². The Labute approximate surface area is 120 Å². The molecule has 1 aromatic carbocycles. The predicted octanol–water partition coefficient (Wildman–Crippen LogP) is 1.38. The zero-order valence-electron chi connectivity index (χ0n) is 12.4. The molecule has 0 heterocycles. The van der Waals surface area contributed by atoms with Crippen molar-refractivity contribution in [2.75, 3.05) is 19.8 Å². The first kappa shape index (κ1) is 16.6. The Kier molecular flexibility index (Phi) is 6.64. The molecule has 5 heteroatoms. The van der Waals surface area contributed by atoms with E-state index in [4.69, 9.17) is 15.2 Å². The van der Waals surface area contributed by atoms with E-state index in [1.807, 2.05) is 44.2 Å². The van der Waals surface area contributed by atoms with Gasteiger partial charge in [-0.15, -0.1) is 0 Å². The molecule has 0 aliphatic heterocycles. The smallest absolute Gasteiger partial charge is 0.244 e. The molecular weight excluding hydrogens is 256 g/mol. The summed E-state index contributed by atoms with van der Waals surface area (Å²) in [5.41, 5.74) is 5.81. The SMILES string of the molecule is CCOC(CNC(=O)C(C)(N)c1ccccc1)OCC. The van der Waals surface area contributed by atoms with Crippen LogP contribution in [0.1, 0.15) is 26.3 Å². The number of ether oxygens (including phenoxy) is 2. The number of nitrogens with two attached hydrogens (primary N) is 1. The lowest BCUT2D eigenvalue weighted by Gasteiger charge is -2.25. The fraction of sp³-hybridized carbons (Fsp3) is 0.533. The van der Waals surface area contributed by atoms with E-state index in [9.17, 15) is 4.79 Å². The molecule has 20 heavy (non-hydrogen) atoms. The van der Waals surface area contributed by atoms with Crippen molar-refractivity contribution in [2.24, 2.45) is 5.73 Å². The molecular formula is C15H24N2O3. The van der Waals surface area contributed by atoms with E-state index >= 15 is 0 Å². The average Bonchev–Trinajstić information content (AvgIpc) is 2.45. The van der Waals surface area contributed by atoms with E-state index in [0.29, 0.717) is 13.2 Å². The monoisotopic (exact) mass is 280 g/mol. The lowest BCUT2D eigenvalue weighted by Crippen LogP contribution is -2.51. The molecule has 1 rings (SSSR count). The molecule has 0 bridgehead atoms. The summed E-state index contributed by atoms with van der Waals surface area (Å²) in [6.45, 7) is 6.78. The average molecular weight is 280 g/mol. The largest absolute Gasteiger partial charge is 0.351 e. The van der Waals surface area contributed by atoms with Crippen LogP contribution in [0.2, 0.25) is 0 Å². The first-order chi connectivity index (χ1) is 9.52. The summed E-state index contributed by atoms with van der Waals surface area (Å²) in [4.78, 5) is 12.2. The third kappa shape index (κ3) is 4.59. The molecule has 0 saturated carbocycles. The number of hydrogen-bond acceptors (Lipinski definition) is 4. The summed E-state index contributed by atoms with van der Waals surface area (Å²) in [5.74, 6) is -0.256. The summed E-state index contributed by atoms with van der Waals surface area (Å²) in [5, 5.41) is 2.78. The van der Waals surface area contributed by atoms with Crippen molar-refractivity contribution < 1.29 is 14.3 Å². The molecule has 112 valence electrons. The van der Waals surface area contributed by atoms with Gasteiger partial charge in [0.15, 0.2) is 6.29 Å². The number of carbonyl (C=O) groups is 1. The topological polar surface area (TPSA) is 73.6 Å². The van der Waals surface area contributed by atoms with Crippen LogP contribution in [-0.2, 0) is 19.8 Å². The lowest BCUT2D eigenvalue weighted by atomic mass is 9.92. The Morgan fingerprint density at radius 2 is 1.80 bits per heavy atom. The summed E-state index contributed by atoms with van der Waals surface area (Å²) in [6.07, 6.45) is -0.444. The van der Waals surface area contributed by atoms with Crippen molar-refractivity contribution in [1.82, 2.24) is 5.32 Å². The standard InChI is InChI=1S/C15H24N2O3/c1-4-19-13(20-5-2)11-17-14(18)15(3,16)12-9-7-6-8-10-12/h6-10,13H,4-5,11,16H2,1-3H3,(H,17,18). The predicted molar refractivity (Wildman–Crippen MR) is 78.0 cm³/mol. The van der Waals surface area contributed by atoms with Crippen molar-refractivity contribution in [1.29, 1.82) is 0 Å². The molecule has 0 aromatic heterocycles. The molecule has 0 aliphatic carbocycles. The second-order valence-corrected chi connectivity index (χ2v) is 4.62. The number of carbonyl (C=O) groups excluding carboxylic acids is 1. The van der Waals surface area contributed by atoms with E-state index in [-0.39, 0.29) is 12.5 Å². The normalized spacial score (nSPS) is 14.1. The number of nitrogens with one attached hydrogen (secondary N) is 1. The van der Waals surface area contributed by atoms with E-state index in [2.05, 4.69) is 5.32 Å². The van der Waals surface area contributed by atoms with E-state index < -0.39 is 11.8 Å². The number of rotatable bonds is 8. The van der Waals surface area contributed by atoms with Gasteiger partial charge in [-0.1, -0.05) is 30.3 Å². The van der Waals surface area contributed by atoms with E-state index in [1.165, 1.54) is 0 Å². The Morgan fingerprint density at radius 1 is 1.25 bits per heavy atom. The lowest BCUT2D eigenvalue weighted by molar-refractivity contribution is -0.142. The summed E-state index contributed by atoms with van der Waals surface area (Å²) in [7, 11) is 0. The molecule has 3 N–H and O–H groups in total. The van der Waals surface area contributed by atoms with Gasteiger partial charge in [0.1, 0.15) is 5.54 Å². The highest BCUT2D eigenvalue weighted by atomic mass is 16.7. The van der Waals surface area contributed by atoms with Gasteiger partial charge >= 0.3 is 0 Å². The zero-order valence-corrected chi connectivity index (χ0v) is 12.4.